The van der Waals surface area contributed by atoms with Crippen LogP contribution in [0, 0.1) is 0 Å². The Labute approximate surface area is 118 Å². The number of hydrogen-bond donors (Lipinski definition) is 2. The number of amides is 2. The maximum Gasteiger partial charge on any atom is 0.317 e. The molecule has 0 saturated heterocycles. The molecule has 0 bridgehead atoms. The summed E-state index contributed by atoms with van der Waals surface area (Å²) in [6.45, 7) is 2.17. The van der Waals surface area contributed by atoms with Crippen LogP contribution in [0.2, 0.25) is 0 Å². The van der Waals surface area contributed by atoms with E-state index in [1.807, 2.05) is 29.3 Å². The van der Waals surface area contributed by atoms with E-state index in [0.717, 1.165) is 19.4 Å². The van der Waals surface area contributed by atoms with E-state index in [-0.39, 0.29) is 6.03 Å². The fourth-order valence-corrected chi connectivity index (χ4v) is 2.59. The van der Waals surface area contributed by atoms with Gasteiger partial charge in [0.25, 0.3) is 0 Å². The number of rotatable bonds is 3. The molecule has 1 aliphatic heterocycles. The second-order valence-electron chi connectivity index (χ2n) is 5.12. The molecular weight excluding hydrogens is 250 g/mol. The van der Waals surface area contributed by atoms with Crippen LogP contribution in [0.4, 0.5) is 4.79 Å². The molecule has 2 N–H and O–H groups in total. The SMILES string of the molecule is O=C(NCCc1ccccc1)N1CCc2[nH]ccc2C1. The summed E-state index contributed by atoms with van der Waals surface area (Å²) in [5, 5.41) is 3.00. The molecule has 104 valence electrons. The summed E-state index contributed by atoms with van der Waals surface area (Å²) in [5.74, 6) is 0. The van der Waals surface area contributed by atoms with Gasteiger partial charge < -0.3 is 15.2 Å². The Morgan fingerprint density at radius 3 is 2.95 bits per heavy atom. The zero-order chi connectivity index (χ0) is 13.8. The number of benzene rings is 1. The first kappa shape index (κ1) is 12.8. The molecule has 0 spiro atoms. The molecule has 2 heterocycles. The van der Waals surface area contributed by atoms with Crippen molar-refractivity contribution in [2.75, 3.05) is 13.1 Å². The lowest BCUT2D eigenvalue weighted by molar-refractivity contribution is 0.192. The smallest absolute Gasteiger partial charge is 0.317 e. The highest BCUT2D eigenvalue weighted by Crippen LogP contribution is 2.16. The number of hydrogen-bond acceptors (Lipinski definition) is 1. The van der Waals surface area contributed by atoms with Crippen LogP contribution in [0.15, 0.2) is 42.6 Å². The number of urea groups is 1. The van der Waals surface area contributed by atoms with Gasteiger partial charge in [-0.15, -0.1) is 0 Å². The Balaban J connectivity index is 1.48. The summed E-state index contributed by atoms with van der Waals surface area (Å²) < 4.78 is 0. The maximum absolute atomic E-state index is 12.1. The van der Waals surface area contributed by atoms with Crippen molar-refractivity contribution < 1.29 is 4.79 Å². The lowest BCUT2D eigenvalue weighted by Crippen LogP contribution is -2.43. The van der Waals surface area contributed by atoms with E-state index in [1.54, 1.807) is 0 Å². The van der Waals surface area contributed by atoms with Gasteiger partial charge in [-0.05, 0) is 23.6 Å². The molecule has 0 saturated carbocycles. The molecule has 0 radical (unpaired) electrons. The third-order valence-corrected chi connectivity index (χ3v) is 3.74. The molecule has 0 aliphatic carbocycles. The minimum Gasteiger partial charge on any atom is -0.365 e. The fourth-order valence-electron chi connectivity index (χ4n) is 2.59. The molecule has 4 nitrogen and oxygen atoms in total. The molecule has 2 aromatic rings. The van der Waals surface area contributed by atoms with Crippen LogP contribution in [0.1, 0.15) is 16.8 Å². The van der Waals surface area contributed by atoms with Gasteiger partial charge in [0, 0.05) is 37.9 Å². The number of aromatic amines is 1. The zero-order valence-electron chi connectivity index (χ0n) is 11.4. The Bertz CT molecular complexity index is 576. The summed E-state index contributed by atoms with van der Waals surface area (Å²) in [7, 11) is 0. The molecule has 0 atom stereocenters. The number of carbonyl (C=O) groups excluding carboxylic acids is 1. The van der Waals surface area contributed by atoms with E-state index in [2.05, 4.69) is 28.5 Å². The molecule has 3 rings (SSSR count). The normalized spacial score (nSPS) is 13.9. The standard InChI is InChI=1S/C16H19N3O/c20-16(18-9-6-13-4-2-1-3-5-13)19-11-8-15-14(12-19)7-10-17-15/h1-5,7,10,17H,6,8-9,11-12H2,(H,18,20). The largest absolute Gasteiger partial charge is 0.365 e. The first-order valence-corrected chi connectivity index (χ1v) is 7.05. The topological polar surface area (TPSA) is 48.1 Å². The zero-order valence-corrected chi connectivity index (χ0v) is 11.4. The average molecular weight is 269 g/mol. The van der Waals surface area contributed by atoms with E-state index in [1.165, 1.54) is 16.8 Å². The van der Waals surface area contributed by atoms with Gasteiger partial charge in [-0.1, -0.05) is 30.3 Å². The summed E-state index contributed by atoms with van der Waals surface area (Å²) in [5.41, 5.74) is 3.74. The van der Waals surface area contributed by atoms with Crippen molar-refractivity contribution in [2.45, 2.75) is 19.4 Å². The Morgan fingerprint density at radius 2 is 2.10 bits per heavy atom. The minimum absolute atomic E-state index is 0.0350. The number of H-pyrrole nitrogens is 1. The quantitative estimate of drug-likeness (QED) is 0.882. The van der Waals surface area contributed by atoms with Crippen LogP contribution in [-0.2, 0) is 19.4 Å². The summed E-state index contributed by atoms with van der Waals surface area (Å²) in [6, 6.07) is 12.3. The first-order chi connectivity index (χ1) is 9.83. The van der Waals surface area contributed by atoms with Crippen molar-refractivity contribution in [1.29, 1.82) is 0 Å². The Morgan fingerprint density at radius 1 is 1.25 bits per heavy atom. The fraction of sp³-hybridized carbons (Fsp3) is 0.312. The third kappa shape index (κ3) is 2.85. The highest BCUT2D eigenvalue weighted by atomic mass is 16.2. The molecule has 1 aromatic heterocycles. The number of aromatic nitrogens is 1. The van der Waals surface area contributed by atoms with Crippen LogP contribution in [0.25, 0.3) is 0 Å². The second-order valence-corrected chi connectivity index (χ2v) is 5.12. The molecule has 1 aliphatic rings. The third-order valence-electron chi connectivity index (χ3n) is 3.74. The highest BCUT2D eigenvalue weighted by Gasteiger charge is 2.20. The van der Waals surface area contributed by atoms with E-state index in [4.69, 9.17) is 0 Å². The summed E-state index contributed by atoms with van der Waals surface area (Å²) >= 11 is 0. The van der Waals surface area contributed by atoms with Crippen molar-refractivity contribution in [1.82, 2.24) is 15.2 Å². The summed E-state index contributed by atoms with van der Waals surface area (Å²) in [6.07, 6.45) is 3.73. The van der Waals surface area contributed by atoms with Crippen molar-refractivity contribution in [3.05, 3.63) is 59.4 Å². The van der Waals surface area contributed by atoms with Gasteiger partial charge >= 0.3 is 6.03 Å². The van der Waals surface area contributed by atoms with Crippen molar-refractivity contribution in [3.63, 3.8) is 0 Å². The second kappa shape index (κ2) is 5.82. The van der Waals surface area contributed by atoms with Crippen molar-refractivity contribution >= 4 is 6.03 Å². The number of nitrogens with one attached hydrogen (secondary N) is 2. The van der Waals surface area contributed by atoms with E-state index in [9.17, 15) is 4.79 Å². The molecule has 20 heavy (non-hydrogen) atoms. The monoisotopic (exact) mass is 269 g/mol. The van der Waals surface area contributed by atoms with Crippen LogP contribution in [0.5, 0.6) is 0 Å². The van der Waals surface area contributed by atoms with Gasteiger partial charge in [-0.3, -0.25) is 0 Å². The molecule has 2 amide bonds. The number of nitrogens with zero attached hydrogens (tertiary/aromatic N) is 1. The van der Waals surface area contributed by atoms with Gasteiger partial charge in [0.1, 0.15) is 0 Å². The van der Waals surface area contributed by atoms with Crippen molar-refractivity contribution in [2.24, 2.45) is 0 Å². The summed E-state index contributed by atoms with van der Waals surface area (Å²) in [4.78, 5) is 17.2. The van der Waals surface area contributed by atoms with Gasteiger partial charge in [-0.25, -0.2) is 4.79 Å². The van der Waals surface area contributed by atoms with Gasteiger partial charge in [0.05, 0.1) is 0 Å². The number of fused-ring (bicyclic) bond motifs is 1. The maximum atomic E-state index is 12.1. The average Bonchev–Trinajstić information content (AvgIpc) is 2.95. The van der Waals surface area contributed by atoms with E-state index in [0.29, 0.717) is 13.1 Å². The number of carbonyl (C=O) groups is 1. The molecule has 0 unspecified atom stereocenters. The van der Waals surface area contributed by atoms with Crippen LogP contribution >= 0.6 is 0 Å². The first-order valence-electron chi connectivity index (χ1n) is 7.05. The van der Waals surface area contributed by atoms with Crippen LogP contribution in [0.3, 0.4) is 0 Å². The Hall–Kier alpha value is -2.23. The van der Waals surface area contributed by atoms with Crippen LogP contribution < -0.4 is 5.32 Å². The van der Waals surface area contributed by atoms with Crippen LogP contribution in [-0.4, -0.2) is 29.0 Å². The minimum atomic E-state index is 0.0350. The molecule has 0 fully saturated rings. The molecule has 4 heteroatoms. The predicted octanol–water partition coefficient (Wildman–Crippen LogP) is 2.33. The Kier molecular flexibility index (Phi) is 3.72. The lowest BCUT2D eigenvalue weighted by Gasteiger charge is -2.27. The van der Waals surface area contributed by atoms with E-state index >= 15 is 0 Å². The predicted molar refractivity (Wildman–Crippen MR) is 78.5 cm³/mol. The van der Waals surface area contributed by atoms with Gasteiger partial charge in [0.2, 0.25) is 0 Å². The molecule has 1 aromatic carbocycles. The van der Waals surface area contributed by atoms with Crippen molar-refractivity contribution in [3.8, 4) is 0 Å². The highest BCUT2D eigenvalue weighted by molar-refractivity contribution is 5.74. The lowest BCUT2D eigenvalue weighted by atomic mass is 10.1. The van der Waals surface area contributed by atoms with E-state index < -0.39 is 0 Å². The van der Waals surface area contributed by atoms with Gasteiger partial charge in [-0.2, -0.15) is 0 Å². The van der Waals surface area contributed by atoms with Gasteiger partial charge in [0.15, 0.2) is 0 Å². The molecular formula is C16H19N3O.